The van der Waals surface area contributed by atoms with Crippen molar-refractivity contribution in [2.24, 2.45) is 5.92 Å². The summed E-state index contributed by atoms with van der Waals surface area (Å²) < 4.78 is 38.6. The molecule has 3 fully saturated rings. The molecule has 196 valence electrons. The quantitative estimate of drug-likeness (QED) is 0.541. The van der Waals surface area contributed by atoms with Gasteiger partial charge in [-0.1, -0.05) is 30.3 Å². The summed E-state index contributed by atoms with van der Waals surface area (Å²) in [6.45, 7) is 4.64. The van der Waals surface area contributed by atoms with E-state index in [2.05, 4.69) is 11.4 Å². The van der Waals surface area contributed by atoms with Crippen molar-refractivity contribution >= 4 is 5.91 Å². The molecule has 5 rings (SSSR count). The third kappa shape index (κ3) is 6.02. The predicted molar refractivity (Wildman–Crippen MR) is 132 cm³/mol. The fourth-order valence-electron chi connectivity index (χ4n) is 5.18. The van der Waals surface area contributed by atoms with E-state index in [1.54, 1.807) is 24.3 Å². The van der Waals surface area contributed by atoms with Gasteiger partial charge in [0, 0.05) is 19.4 Å². The average Bonchev–Trinajstić information content (AvgIpc) is 3.66. The van der Waals surface area contributed by atoms with Gasteiger partial charge in [0.2, 0.25) is 0 Å². The lowest BCUT2D eigenvalue weighted by molar-refractivity contribution is -0.183. The SMILES string of the molecule is CC1(C)O[C@@H]2C[C@@](OCc3ccccc3C#N)(C(=O)NCC3CC3)CC(OCc3ccc(F)cc3)[C@@H]2O1. The molecule has 4 atom stereocenters. The van der Waals surface area contributed by atoms with Crippen LogP contribution in [-0.4, -0.2) is 42.2 Å². The molecule has 7 nitrogen and oxygen atoms in total. The Kier molecular flexibility index (Phi) is 7.32. The third-order valence-electron chi connectivity index (χ3n) is 7.33. The van der Waals surface area contributed by atoms with Gasteiger partial charge in [0.25, 0.3) is 5.91 Å². The Labute approximate surface area is 216 Å². The first kappa shape index (κ1) is 25.8. The Hall–Kier alpha value is -2.83. The number of carbonyl (C=O) groups is 1. The maximum Gasteiger partial charge on any atom is 0.252 e. The molecule has 2 aliphatic carbocycles. The fraction of sp³-hybridized carbons (Fsp3) is 0.517. The van der Waals surface area contributed by atoms with Crippen LogP contribution in [-0.2, 0) is 37.0 Å². The molecule has 1 heterocycles. The zero-order valence-electron chi connectivity index (χ0n) is 21.2. The number of halogens is 1. The van der Waals surface area contributed by atoms with Crippen molar-refractivity contribution < 1.29 is 28.1 Å². The molecule has 1 amide bonds. The van der Waals surface area contributed by atoms with E-state index < -0.39 is 23.6 Å². The molecule has 3 aliphatic rings. The van der Waals surface area contributed by atoms with Gasteiger partial charge in [0.15, 0.2) is 11.4 Å². The summed E-state index contributed by atoms with van der Waals surface area (Å²) in [4.78, 5) is 13.7. The number of carbonyl (C=O) groups excluding carboxylic acids is 1. The zero-order chi connectivity index (χ0) is 26.0. The molecule has 2 aromatic rings. The van der Waals surface area contributed by atoms with Crippen molar-refractivity contribution in [1.82, 2.24) is 5.32 Å². The summed E-state index contributed by atoms with van der Waals surface area (Å²) in [6.07, 6.45) is 1.51. The summed E-state index contributed by atoms with van der Waals surface area (Å²) in [7, 11) is 0. The van der Waals surface area contributed by atoms with Crippen LogP contribution in [0.5, 0.6) is 0 Å². The third-order valence-corrected chi connectivity index (χ3v) is 7.33. The molecule has 1 saturated heterocycles. The number of hydrogen-bond donors (Lipinski definition) is 1. The zero-order valence-corrected chi connectivity index (χ0v) is 21.2. The number of benzene rings is 2. The first-order valence-corrected chi connectivity index (χ1v) is 12.9. The van der Waals surface area contributed by atoms with Crippen LogP contribution in [0.3, 0.4) is 0 Å². The lowest BCUT2D eigenvalue weighted by atomic mass is 9.78. The molecule has 37 heavy (non-hydrogen) atoms. The van der Waals surface area contributed by atoms with Gasteiger partial charge in [0.1, 0.15) is 11.9 Å². The highest BCUT2D eigenvalue weighted by Crippen LogP contribution is 2.44. The molecule has 1 N–H and O–H groups in total. The van der Waals surface area contributed by atoms with Crippen molar-refractivity contribution in [2.75, 3.05) is 6.54 Å². The minimum absolute atomic E-state index is 0.104. The van der Waals surface area contributed by atoms with Crippen molar-refractivity contribution in [3.05, 3.63) is 71.0 Å². The second kappa shape index (κ2) is 10.5. The predicted octanol–water partition coefficient (Wildman–Crippen LogP) is 4.38. The molecule has 1 aliphatic heterocycles. The molecule has 0 aromatic heterocycles. The van der Waals surface area contributed by atoms with Crippen LogP contribution >= 0.6 is 0 Å². The highest BCUT2D eigenvalue weighted by atomic mass is 19.1. The van der Waals surface area contributed by atoms with Gasteiger partial charge < -0.3 is 24.3 Å². The van der Waals surface area contributed by atoms with Gasteiger partial charge >= 0.3 is 0 Å². The number of amides is 1. The Morgan fingerprint density at radius 2 is 1.86 bits per heavy atom. The van der Waals surface area contributed by atoms with Crippen LogP contribution in [0, 0.1) is 23.1 Å². The number of ether oxygens (including phenoxy) is 4. The highest BCUT2D eigenvalue weighted by Gasteiger charge is 2.58. The minimum atomic E-state index is -1.23. The van der Waals surface area contributed by atoms with Crippen LogP contribution in [0.25, 0.3) is 0 Å². The molecule has 2 aromatic carbocycles. The van der Waals surface area contributed by atoms with E-state index in [-0.39, 0.29) is 37.5 Å². The Bertz CT molecular complexity index is 1160. The van der Waals surface area contributed by atoms with E-state index in [0.29, 0.717) is 30.0 Å². The largest absolute Gasteiger partial charge is 0.371 e. The minimum Gasteiger partial charge on any atom is -0.371 e. The maximum atomic E-state index is 13.7. The lowest BCUT2D eigenvalue weighted by Crippen LogP contribution is -2.60. The molecule has 1 unspecified atom stereocenters. The standard InChI is InChI=1S/C29H33FN2O5/c1-28(2)36-25-14-29(27(33)32-16-19-7-8-19,35-18-22-6-4-3-5-21(22)15-31)13-24(26(25)37-28)34-17-20-9-11-23(30)12-10-20/h3-6,9-12,19,24-26H,7-8,13-14,16-18H2,1-2H3,(H,32,33)/t24?,25-,26+,29-/m1/s1. The van der Waals surface area contributed by atoms with Crippen LogP contribution < -0.4 is 5.32 Å². The molecule has 0 spiro atoms. The first-order chi connectivity index (χ1) is 17.8. The Morgan fingerprint density at radius 3 is 2.59 bits per heavy atom. The van der Waals surface area contributed by atoms with Crippen molar-refractivity contribution in [3.63, 3.8) is 0 Å². The topological polar surface area (TPSA) is 89.8 Å². The first-order valence-electron chi connectivity index (χ1n) is 12.9. The molecule has 0 bridgehead atoms. The average molecular weight is 509 g/mol. The van der Waals surface area contributed by atoms with Crippen LogP contribution in [0.15, 0.2) is 48.5 Å². The van der Waals surface area contributed by atoms with Crippen molar-refractivity contribution in [2.45, 2.75) is 82.4 Å². The highest BCUT2D eigenvalue weighted by molar-refractivity contribution is 5.85. The normalized spacial score (nSPS) is 28.3. The smallest absolute Gasteiger partial charge is 0.252 e. The van der Waals surface area contributed by atoms with Gasteiger partial charge in [-0.2, -0.15) is 5.26 Å². The molecule has 0 radical (unpaired) electrons. The van der Waals surface area contributed by atoms with E-state index in [9.17, 15) is 14.4 Å². The molecule has 8 heteroatoms. The van der Waals surface area contributed by atoms with E-state index in [0.717, 1.165) is 18.4 Å². The van der Waals surface area contributed by atoms with Crippen LogP contribution in [0.1, 0.15) is 56.2 Å². The van der Waals surface area contributed by atoms with E-state index >= 15 is 0 Å². The number of rotatable bonds is 9. The number of nitrogens with one attached hydrogen (secondary N) is 1. The number of nitriles is 1. The second-order valence-electron chi connectivity index (χ2n) is 10.7. The van der Waals surface area contributed by atoms with Crippen molar-refractivity contribution in [1.29, 1.82) is 5.26 Å². The van der Waals surface area contributed by atoms with Crippen LogP contribution in [0.2, 0.25) is 0 Å². The maximum absolute atomic E-state index is 13.7. The van der Waals surface area contributed by atoms with Crippen LogP contribution in [0.4, 0.5) is 4.39 Å². The molecular weight excluding hydrogens is 475 g/mol. The summed E-state index contributed by atoms with van der Waals surface area (Å²) in [5.41, 5.74) is 0.814. The summed E-state index contributed by atoms with van der Waals surface area (Å²) in [6, 6.07) is 15.6. The molecule has 2 saturated carbocycles. The molecular formula is C29H33FN2O5. The number of hydrogen-bond acceptors (Lipinski definition) is 6. The van der Waals surface area contributed by atoms with Gasteiger partial charge in [-0.15, -0.1) is 0 Å². The fourth-order valence-corrected chi connectivity index (χ4v) is 5.18. The summed E-state index contributed by atoms with van der Waals surface area (Å²) in [5, 5.41) is 12.6. The van der Waals surface area contributed by atoms with E-state index in [4.69, 9.17) is 18.9 Å². The van der Waals surface area contributed by atoms with Gasteiger partial charge in [-0.3, -0.25) is 4.79 Å². The number of nitrogens with zero attached hydrogens (tertiary/aromatic N) is 1. The summed E-state index contributed by atoms with van der Waals surface area (Å²) >= 11 is 0. The number of fused-ring (bicyclic) bond motifs is 1. The van der Waals surface area contributed by atoms with Crippen molar-refractivity contribution in [3.8, 4) is 6.07 Å². The summed E-state index contributed by atoms with van der Waals surface area (Å²) in [5.74, 6) is -0.836. The van der Waals surface area contributed by atoms with E-state index in [1.807, 2.05) is 26.0 Å². The Morgan fingerprint density at radius 1 is 1.11 bits per heavy atom. The van der Waals surface area contributed by atoms with Gasteiger partial charge in [-0.25, -0.2) is 4.39 Å². The van der Waals surface area contributed by atoms with E-state index in [1.165, 1.54) is 12.1 Å². The lowest BCUT2D eigenvalue weighted by Gasteiger charge is -2.43. The second-order valence-corrected chi connectivity index (χ2v) is 10.7. The Balaban J connectivity index is 1.41. The monoisotopic (exact) mass is 508 g/mol. The van der Waals surface area contributed by atoms with Gasteiger partial charge in [0.05, 0.1) is 37.1 Å². The van der Waals surface area contributed by atoms with Gasteiger partial charge in [-0.05, 0) is 61.9 Å².